The number of nitrogens with one attached hydrogen (secondary N) is 1. The Hall–Kier alpha value is -1.92. The summed E-state index contributed by atoms with van der Waals surface area (Å²) in [5.41, 5.74) is 0.0764. The third-order valence-electron chi connectivity index (χ3n) is 1.22. The number of rotatable bonds is 3. The minimum atomic E-state index is -1.13. The number of carboxylic acids is 1. The van der Waals surface area contributed by atoms with Gasteiger partial charge in [0.25, 0.3) is 0 Å². The summed E-state index contributed by atoms with van der Waals surface area (Å²) in [7, 11) is 0. The maximum Gasteiger partial charge on any atom is 0.346 e. The molecule has 1 heterocycles. The van der Waals surface area contributed by atoms with Gasteiger partial charge in [-0.2, -0.15) is 0 Å². The highest BCUT2D eigenvalue weighted by atomic mass is 16.6. The predicted octanol–water partition coefficient (Wildman–Crippen LogP) is -0.0550. The van der Waals surface area contributed by atoms with Gasteiger partial charge in [0.1, 0.15) is 0 Å². The first-order valence-corrected chi connectivity index (χ1v) is 2.99. The van der Waals surface area contributed by atoms with Gasteiger partial charge in [-0.25, -0.2) is 0 Å². The van der Waals surface area contributed by atoms with E-state index in [9.17, 15) is 14.9 Å². The van der Waals surface area contributed by atoms with E-state index in [0.717, 1.165) is 6.20 Å². The van der Waals surface area contributed by atoms with Crippen LogP contribution < -0.4 is 0 Å². The van der Waals surface area contributed by atoms with Crippen LogP contribution in [0.1, 0.15) is 5.56 Å². The van der Waals surface area contributed by atoms with Crippen molar-refractivity contribution >= 4 is 11.8 Å². The van der Waals surface area contributed by atoms with E-state index in [1.165, 1.54) is 0 Å². The Morgan fingerprint density at radius 1 is 1.83 bits per heavy atom. The molecule has 7 heteroatoms. The van der Waals surface area contributed by atoms with Crippen LogP contribution in [0.15, 0.2) is 6.20 Å². The molecule has 0 unspecified atom stereocenters. The molecular weight excluding hydrogens is 166 g/mol. The lowest BCUT2D eigenvalue weighted by Gasteiger charge is -1.92. The summed E-state index contributed by atoms with van der Waals surface area (Å²) in [6, 6.07) is 0. The SMILES string of the molecule is O=C(O)Cc1cn[nH]c1[N+](=O)[O-]. The van der Waals surface area contributed by atoms with Crippen molar-refractivity contribution in [2.75, 3.05) is 0 Å². The third kappa shape index (κ3) is 1.57. The lowest BCUT2D eigenvalue weighted by Crippen LogP contribution is -2.01. The Kier molecular flexibility index (Phi) is 2.04. The second-order valence-electron chi connectivity index (χ2n) is 2.07. The molecule has 0 radical (unpaired) electrons. The Morgan fingerprint density at radius 2 is 2.50 bits per heavy atom. The van der Waals surface area contributed by atoms with E-state index in [4.69, 9.17) is 5.11 Å². The van der Waals surface area contributed by atoms with Crippen molar-refractivity contribution in [1.82, 2.24) is 10.2 Å². The van der Waals surface area contributed by atoms with Gasteiger partial charge >= 0.3 is 11.8 Å². The van der Waals surface area contributed by atoms with Gasteiger partial charge in [-0.1, -0.05) is 5.10 Å². The molecule has 0 aromatic carbocycles. The first-order valence-electron chi connectivity index (χ1n) is 2.99. The normalized spacial score (nSPS) is 9.67. The molecule has 64 valence electrons. The third-order valence-corrected chi connectivity index (χ3v) is 1.22. The van der Waals surface area contributed by atoms with Gasteiger partial charge in [0.2, 0.25) is 0 Å². The number of carbonyl (C=O) groups is 1. The van der Waals surface area contributed by atoms with Crippen LogP contribution in [0.4, 0.5) is 5.82 Å². The van der Waals surface area contributed by atoms with Crippen molar-refractivity contribution in [3.8, 4) is 0 Å². The molecule has 0 fully saturated rings. The van der Waals surface area contributed by atoms with E-state index >= 15 is 0 Å². The van der Waals surface area contributed by atoms with Crippen molar-refractivity contribution in [1.29, 1.82) is 0 Å². The molecular formula is C5H5N3O4. The minimum Gasteiger partial charge on any atom is -0.481 e. The molecule has 1 aromatic rings. The van der Waals surface area contributed by atoms with Gasteiger partial charge in [-0.15, -0.1) is 5.10 Å². The number of carboxylic acid groups (broad SMARTS) is 1. The molecule has 1 rings (SSSR count). The molecule has 0 aliphatic rings. The van der Waals surface area contributed by atoms with Crippen molar-refractivity contribution in [3.63, 3.8) is 0 Å². The number of nitrogens with zero attached hydrogens (tertiary/aromatic N) is 2. The van der Waals surface area contributed by atoms with Gasteiger partial charge in [0, 0.05) is 0 Å². The second kappa shape index (κ2) is 2.99. The predicted molar refractivity (Wildman–Crippen MR) is 36.6 cm³/mol. The van der Waals surface area contributed by atoms with Gasteiger partial charge in [-0.05, 0) is 4.92 Å². The number of aliphatic carboxylic acids is 1. The lowest BCUT2D eigenvalue weighted by molar-refractivity contribution is -0.390. The van der Waals surface area contributed by atoms with Gasteiger partial charge < -0.3 is 15.2 Å². The van der Waals surface area contributed by atoms with Crippen LogP contribution in [0.3, 0.4) is 0 Å². The van der Waals surface area contributed by atoms with E-state index in [-0.39, 0.29) is 11.4 Å². The first kappa shape index (κ1) is 8.18. The number of hydrogen-bond donors (Lipinski definition) is 2. The average molecular weight is 171 g/mol. The Bertz CT molecular complexity index is 318. The topological polar surface area (TPSA) is 109 Å². The van der Waals surface area contributed by atoms with E-state index < -0.39 is 17.3 Å². The summed E-state index contributed by atoms with van der Waals surface area (Å²) in [5.74, 6) is -1.49. The summed E-state index contributed by atoms with van der Waals surface area (Å²) in [6.45, 7) is 0. The van der Waals surface area contributed by atoms with Crippen LogP contribution in [-0.2, 0) is 11.2 Å². The highest BCUT2D eigenvalue weighted by molar-refractivity contribution is 5.71. The lowest BCUT2D eigenvalue weighted by atomic mass is 10.2. The van der Waals surface area contributed by atoms with Crippen LogP contribution in [0.5, 0.6) is 0 Å². The fourth-order valence-electron chi connectivity index (χ4n) is 0.755. The molecule has 0 bridgehead atoms. The standard InChI is InChI=1S/C5H5N3O4/c9-4(10)1-3-2-6-7-5(3)8(11)12/h2H,1H2,(H,6,7)(H,9,10). The fraction of sp³-hybridized carbons (Fsp3) is 0.200. The monoisotopic (exact) mass is 171 g/mol. The molecule has 12 heavy (non-hydrogen) atoms. The van der Waals surface area contributed by atoms with E-state index in [2.05, 4.69) is 10.2 Å². The number of hydrogen-bond acceptors (Lipinski definition) is 4. The summed E-state index contributed by atoms with van der Waals surface area (Å²) in [5, 5.41) is 24.0. The van der Waals surface area contributed by atoms with Gasteiger partial charge in [0.05, 0.1) is 18.2 Å². The van der Waals surface area contributed by atoms with Crippen LogP contribution in [0.2, 0.25) is 0 Å². The largest absolute Gasteiger partial charge is 0.481 e. The minimum absolute atomic E-state index is 0.0764. The zero-order valence-electron chi connectivity index (χ0n) is 5.85. The van der Waals surface area contributed by atoms with E-state index in [1.54, 1.807) is 0 Å². The molecule has 1 aromatic heterocycles. The van der Waals surface area contributed by atoms with E-state index in [0.29, 0.717) is 0 Å². The molecule has 0 saturated heterocycles. The molecule has 2 N–H and O–H groups in total. The van der Waals surface area contributed by atoms with Crippen molar-refractivity contribution in [3.05, 3.63) is 21.9 Å². The number of aromatic nitrogens is 2. The summed E-state index contributed by atoms with van der Waals surface area (Å²) < 4.78 is 0. The number of aromatic amines is 1. The summed E-state index contributed by atoms with van der Waals surface area (Å²) in [6.07, 6.45) is 0.735. The first-order chi connectivity index (χ1) is 5.61. The summed E-state index contributed by atoms with van der Waals surface area (Å²) >= 11 is 0. The Morgan fingerprint density at radius 3 is 3.00 bits per heavy atom. The Labute approximate surface area is 66.2 Å². The highest BCUT2D eigenvalue weighted by Gasteiger charge is 2.16. The van der Waals surface area contributed by atoms with Crippen LogP contribution in [-0.4, -0.2) is 26.2 Å². The molecule has 0 spiro atoms. The Balaban J connectivity index is 2.91. The van der Waals surface area contributed by atoms with Gasteiger partial charge in [-0.3, -0.25) is 4.79 Å². The number of nitro groups is 1. The quantitative estimate of drug-likeness (QED) is 0.489. The van der Waals surface area contributed by atoms with Gasteiger partial charge in [0.15, 0.2) is 0 Å². The zero-order chi connectivity index (χ0) is 9.14. The van der Waals surface area contributed by atoms with Crippen LogP contribution >= 0.6 is 0 Å². The molecule has 0 atom stereocenters. The highest BCUT2D eigenvalue weighted by Crippen LogP contribution is 2.13. The maximum atomic E-state index is 10.2. The zero-order valence-corrected chi connectivity index (χ0v) is 5.85. The van der Waals surface area contributed by atoms with Crippen molar-refractivity contribution in [2.24, 2.45) is 0 Å². The average Bonchev–Trinajstić information content (AvgIpc) is 2.33. The molecule has 0 aliphatic carbocycles. The maximum absolute atomic E-state index is 10.2. The van der Waals surface area contributed by atoms with Crippen molar-refractivity contribution < 1.29 is 14.8 Å². The molecule has 7 nitrogen and oxygen atoms in total. The molecule has 0 aliphatic heterocycles. The summed E-state index contributed by atoms with van der Waals surface area (Å²) in [4.78, 5) is 19.7. The molecule has 0 amide bonds. The number of H-pyrrole nitrogens is 1. The van der Waals surface area contributed by atoms with E-state index in [1.807, 2.05) is 0 Å². The fourth-order valence-corrected chi connectivity index (χ4v) is 0.755. The smallest absolute Gasteiger partial charge is 0.346 e. The van der Waals surface area contributed by atoms with Crippen molar-refractivity contribution in [2.45, 2.75) is 6.42 Å². The van der Waals surface area contributed by atoms with Crippen LogP contribution in [0.25, 0.3) is 0 Å². The second-order valence-corrected chi connectivity index (χ2v) is 2.07. The van der Waals surface area contributed by atoms with Crippen LogP contribution in [0, 0.1) is 10.1 Å². The molecule has 0 saturated carbocycles.